The lowest BCUT2D eigenvalue weighted by Gasteiger charge is -2.16. The summed E-state index contributed by atoms with van der Waals surface area (Å²) in [7, 11) is 0. The number of nitrogens with two attached hydrogens (primary N) is 1. The summed E-state index contributed by atoms with van der Waals surface area (Å²) in [4.78, 5) is 14.5. The highest BCUT2D eigenvalue weighted by Gasteiger charge is 2.15. The molecule has 0 aliphatic heterocycles. The van der Waals surface area contributed by atoms with Gasteiger partial charge in [0.2, 0.25) is 0 Å². The van der Waals surface area contributed by atoms with E-state index in [9.17, 15) is 4.79 Å². The third-order valence-electron chi connectivity index (χ3n) is 2.30. The van der Waals surface area contributed by atoms with Crippen LogP contribution in [0.3, 0.4) is 0 Å². The molecule has 4 nitrogen and oxygen atoms in total. The van der Waals surface area contributed by atoms with Gasteiger partial charge in [-0.05, 0) is 23.1 Å². The highest BCUT2D eigenvalue weighted by molar-refractivity contribution is 5.68. The molecule has 82 valence electrons. The molecule has 1 atom stereocenters. The molecule has 1 heterocycles. The molecule has 0 aliphatic rings. The fourth-order valence-electron chi connectivity index (χ4n) is 1.55. The first-order chi connectivity index (χ1) is 7.02. The highest BCUT2D eigenvalue weighted by atomic mass is 16.4. The Morgan fingerprint density at radius 2 is 2.20 bits per heavy atom. The summed E-state index contributed by atoms with van der Waals surface area (Å²) >= 11 is 0. The molecule has 1 aromatic rings. The lowest BCUT2D eigenvalue weighted by atomic mass is 9.94. The van der Waals surface area contributed by atoms with Gasteiger partial charge in [0.05, 0.1) is 6.42 Å². The quantitative estimate of drug-likeness (QED) is 0.789. The second kappa shape index (κ2) is 4.89. The number of hydrogen-bond donors (Lipinski definition) is 2. The molecule has 0 saturated carbocycles. The van der Waals surface area contributed by atoms with E-state index >= 15 is 0 Å². The predicted octanol–water partition coefficient (Wildman–Crippen LogP) is 1.68. The first-order valence-corrected chi connectivity index (χ1v) is 4.93. The van der Waals surface area contributed by atoms with Gasteiger partial charge in [-0.25, -0.2) is 0 Å². The van der Waals surface area contributed by atoms with Crippen molar-refractivity contribution in [2.75, 3.05) is 0 Å². The zero-order valence-corrected chi connectivity index (χ0v) is 8.97. The number of pyridine rings is 1. The molecule has 1 rings (SSSR count). The summed E-state index contributed by atoms with van der Waals surface area (Å²) in [5, 5.41) is 8.67. The van der Waals surface area contributed by atoms with Gasteiger partial charge in [0.1, 0.15) is 0 Å². The van der Waals surface area contributed by atoms with Crippen LogP contribution in [0.5, 0.6) is 0 Å². The van der Waals surface area contributed by atoms with E-state index in [1.807, 2.05) is 19.9 Å². The van der Waals surface area contributed by atoms with Crippen LogP contribution >= 0.6 is 0 Å². The molecule has 0 fully saturated rings. The Kier molecular flexibility index (Phi) is 3.80. The molecule has 0 aromatic carbocycles. The van der Waals surface area contributed by atoms with Crippen molar-refractivity contribution in [2.24, 2.45) is 5.73 Å². The minimum Gasteiger partial charge on any atom is -0.481 e. The van der Waals surface area contributed by atoms with Crippen molar-refractivity contribution in [3.63, 3.8) is 0 Å². The number of aliphatic carboxylic acids is 1. The van der Waals surface area contributed by atoms with Gasteiger partial charge in [-0.2, -0.15) is 0 Å². The van der Waals surface area contributed by atoms with Gasteiger partial charge in [0, 0.05) is 18.4 Å². The number of rotatable bonds is 4. The van der Waals surface area contributed by atoms with E-state index in [1.54, 1.807) is 12.4 Å². The summed E-state index contributed by atoms with van der Waals surface area (Å²) in [5.41, 5.74) is 7.71. The van der Waals surface area contributed by atoms with E-state index in [0.717, 1.165) is 11.1 Å². The summed E-state index contributed by atoms with van der Waals surface area (Å²) in [6.07, 6.45) is 3.29. The average Bonchev–Trinajstić information content (AvgIpc) is 2.16. The minimum atomic E-state index is -0.888. The van der Waals surface area contributed by atoms with Crippen molar-refractivity contribution in [1.82, 2.24) is 4.98 Å². The average molecular weight is 208 g/mol. The number of hydrogen-bond acceptors (Lipinski definition) is 3. The van der Waals surface area contributed by atoms with Crippen LogP contribution in [0, 0.1) is 0 Å². The zero-order valence-electron chi connectivity index (χ0n) is 8.97. The Morgan fingerprint density at radius 3 is 2.73 bits per heavy atom. The standard InChI is InChI=1S/C11H16N2O2/c1-7(2)8-3-4-13-6-9(8)10(12)5-11(14)15/h3-4,6-7,10H,5,12H2,1-2H3,(H,14,15). The summed E-state index contributed by atoms with van der Waals surface area (Å²) in [6, 6.07) is 1.41. The second-order valence-electron chi connectivity index (χ2n) is 3.86. The van der Waals surface area contributed by atoms with Crippen LogP contribution in [-0.2, 0) is 4.79 Å². The Bertz CT molecular complexity index is 350. The van der Waals surface area contributed by atoms with Crippen LogP contribution in [0.15, 0.2) is 18.5 Å². The maximum absolute atomic E-state index is 10.6. The number of aromatic nitrogens is 1. The second-order valence-corrected chi connectivity index (χ2v) is 3.86. The Labute approximate surface area is 89.1 Å². The molecule has 0 bridgehead atoms. The smallest absolute Gasteiger partial charge is 0.305 e. The predicted molar refractivity (Wildman–Crippen MR) is 57.5 cm³/mol. The van der Waals surface area contributed by atoms with Gasteiger partial charge in [-0.3, -0.25) is 9.78 Å². The first kappa shape index (κ1) is 11.7. The van der Waals surface area contributed by atoms with E-state index < -0.39 is 12.0 Å². The van der Waals surface area contributed by atoms with Crippen molar-refractivity contribution < 1.29 is 9.90 Å². The van der Waals surface area contributed by atoms with Crippen LogP contribution in [0.2, 0.25) is 0 Å². The van der Waals surface area contributed by atoms with Gasteiger partial charge in [-0.1, -0.05) is 13.8 Å². The normalized spacial score (nSPS) is 12.8. The molecule has 4 heteroatoms. The number of carbonyl (C=O) groups is 1. The molecule has 0 radical (unpaired) electrons. The number of carboxylic acid groups (broad SMARTS) is 1. The van der Waals surface area contributed by atoms with Crippen LogP contribution < -0.4 is 5.73 Å². The number of carboxylic acids is 1. The van der Waals surface area contributed by atoms with E-state index in [0.29, 0.717) is 5.92 Å². The molecular weight excluding hydrogens is 192 g/mol. The highest BCUT2D eigenvalue weighted by Crippen LogP contribution is 2.24. The Hall–Kier alpha value is -1.42. The zero-order chi connectivity index (χ0) is 11.4. The number of nitrogens with zero attached hydrogens (tertiary/aromatic N) is 1. The van der Waals surface area contributed by atoms with Crippen molar-refractivity contribution in [3.05, 3.63) is 29.6 Å². The van der Waals surface area contributed by atoms with Crippen molar-refractivity contribution in [1.29, 1.82) is 0 Å². The van der Waals surface area contributed by atoms with Gasteiger partial charge < -0.3 is 10.8 Å². The SMILES string of the molecule is CC(C)c1ccncc1C(N)CC(=O)O. The molecular formula is C11H16N2O2. The monoisotopic (exact) mass is 208 g/mol. The molecule has 1 unspecified atom stereocenters. The van der Waals surface area contributed by atoms with Crippen LogP contribution in [0.1, 0.15) is 43.4 Å². The molecule has 15 heavy (non-hydrogen) atoms. The Morgan fingerprint density at radius 1 is 1.53 bits per heavy atom. The molecule has 0 amide bonds. The molecule has 0 saturated heterocycles. The molecule has 0 aliphatic carbocycles. The third-order valence-corrected chi connectivity index (χ3v) is 2.30. The van der Waals surface area contributed by atoms with Gasteiger partial charge in [0.15, 0.2) is 0 Å². The van der Waals surface area contributed by atoms with E-state index in [-0.39, 0.29) is 6.42 Å². The van der Waals surface area contributed by atoms with Crippen LogP contribution in [0.25, 0.3) is 0 Å². The third kappa shape index (κ3) is 3.02. The van der Waals surface area contributed by atoms with Gasteiger partial charge >= 0.3 is 5.97 Å². The molecule has 0 spiro atoms. The van der Waals surface area contributed by atoms with E-state index in [2.05, 4.69) is 4.98 Å². The first-order valence-electron chi connectivity index (χ1n) is 4.93. The maximum atomic E-state index is 10.6. The Balaban J connectivity index is 2.97. The van der Waals surface area contributed by atoms with Crippen LogP contribution in [-0.4, -0.2) is 16.1 Å². The molecule has 3 N–H and O–H groups in total. The summed E-state index contributed by atoms with van der Waals surface area (Å²) in [6.45, 7) is 4.10. The topological polar surface area (TPSA) is 76.2 Å². The maximum Gasteiger partial charge on any atom is 0.305 e. The summed E-state index contributed by atoms with van der Waals surface area (Å²) in [5.74, 6) is -0.566. The lowest BCUT2D eigenvalue weighted by molar-refractivity contribution is -0.137. The van der Waals surface area contributed by atoms with E-state index in [1.165, 1.54) is 0 Å². The molecule has 1 aromatic heterocycles. The fourth-order valence-corrected chi connectivity index (χ4v) is 1.55. The van der Waals surface area contributed by atoms with Crippen LogP contribution in [0.4, 0.5) is 0 Å². The lowest BCUT2D eigenvalue weighted by Crippen LogP contribution is -2.17. The van der Waals surface area contributed by atoms with Crippen molar-refractivity contribution >= 4 is 5.97 Å². The fraction of sp³-hybridized carbons (Fsp3) is 0.455. The largest absolute Gasteiger partial charge is 0.481 e. The minimum absolute atomic E-state index is 0.0641. The summed E-state index contributed by atoms with van der Waals surface area (Å²) < 4.78 is 0. The van der Waals surface area contributed by atoms with E-state index in [4.69, 9.17) is 10.8 Å². The van der Waals surface area contributed by atoms with Crippen molar-refractivity contribution in [3.8, 4) is 0 Å². The van der Waals surface area contributed by atoms with Gasteiger partial charge in [0.25, 0.3) is 0 Å². The van der Waals surface area contributed by atoms with Crippen molar-refractivity contribution in [2.45, 2.75) is 32.2 Å². The van der Waals surface area contributed by atoms with Gasteiger partial charge in [-0.15, -0.1) is 0 Å².